The van der Waals surface area contributed by atoms with Crippen molar-refractivity contribution in [2.24, 2.45) is 0 Å². The van der Waals surface area contributed by atoms with Gasteiger partial charge in [-0.05, 0) is 12.1 Å². The van der Waals surface area contributed by atoms with Crippen LogP contribution >= 0.6 is 8.07 Å². The fourth-order valence-electron chi connectivity index (χ4n) is 2.01. The van der Waals surface area contributed by atoms with Crippen LogP contribution in [-0.4, -0.2) is 4.34 Å². The maximum Gasteiger partial charge on any atom is 0.0587 e. The van der Waals surface area contributed by atoms with Crippen LogP contribution in [0.2, 0.25) is 0 Å². The number of rotatable bonds is 3. The molecule has 0 saturated carbocycles. The highest BCUT2D eigenvalue weighted by Crippen LogP contribution is 2.35. The monoisotopic (exact) mass is 251 g/mol. The number of nitrogens with zero attached hydrogens (tertiary/aromatic N) is 1. The van der Waals surface area contributed by atoms with E-state index in [0.29, 0.717) is 0 Å². The highest BCUT2D eigenvalue weighted by molar-refractivity contribution is 7.71. The van der Waals surface area contributed by atoms with Crippen molar-refractivity contribution < 1.29 is 0 Å². The molecule has 0 atom stereocenters. The van der Waals surface area contributed by atoms with Crippen molar-refractivity contribution in [2.75, 3.05) is 0 Å². The van der Waals surface area contributed by atoms with Crippen molar-refractivity contribution in [2.45, 2.75) is 0 Å². The minimum Gasteiger partial charge on any atom is -0.325 e. The second-order valence-electron chi connectivity index (χ2n) is 4.05. The molecular formula is C16H14NP. The van der Waals surface area contributed by atoms with Crippen LogP contribution < -0.4 is 10.6 Å². The first-order valence-electron chi connectivity index (χ1n) is 5.98. The van der Waals surface area contributed by atoms with Crippen LogP contribution in [0.25, 0.3) is 0 Å². The fourth-order valence-corrected chi connectivity index (χ4v) is 4.17. The molecule has 0 saturated heterocycles. The van der Waals surface area contributed by atoms with Gasteiger partial charge in [-0.25, -0.2) is 0 Å². The van der Waals surface area contributed by atoms with E-state index in [4.69, 9.17) is 0 Å². The molecule has 3 aromatic rings. The summed E-state index contributed by atoms with van der Waals surface area (Å²) < 4.78 is 2.31. The molecule has 2 aromatic carbocycles. The third kappa shape index (κ3) is 2.23. The van der Waals surface area contributed by atoms with Crippen LogP contribution in [0.3, 0.4) is 0 Å². The largest absolute Gasteiger partial charge is 0.325 e. The summed E-state index contributed by atoms with van der Waals surface area (Å²) in [5.74, 6) is 0. The molecule has 2 heteroatoms. The van der Waals surface area contributed by atoms with Crippen LogP contribution in [0.5, 0.6) is 0 Å². The second kappa shape index (κ2) is 5.20. The third-order valence-corrected chi connectivity index (χ3v) is 5.12. The summed E-state index contributed by atoms with van der Waals surface area (Å²) in [4.78, 5) is 0. The van der Waals surface area contributed by atoms with E-state index in [9.17, 15) is 0 Å². The zero-order valence-electron chi connectivity index (χ0n) is 9.98. The molecule has 3 rings (SSSR count). The molecule has 0 aliphatic carbocycles. The molecule has 0 aliphatic heterocycles. The van der Waals surface area contributed by atoms with Gasteiger partial charge in [0.2, 0.25) is 0 Å². The lowest BCUT2D eigenvalue weighted by atomic mass is 10.4. The average molecular weight is 251 g/mol. The first kappa shape index (κ1) is 11.3. The highest BCUT2D eigenvalue weighted by Gasteiger charge is 2.14. The van der Waals surface area contributed by atoms with Gasteiger partial charge in [-0.1, -0.05) is 60.7 Å². The van der Waals surface area contributed by atoms with Crippen molar-refractivity contribution in [1.82, 2.24) is 4.34 Å². The van der Waals surface area contributed by atoms with E-state index < -0.39 is 8.07 Å². The Labute approximate surface area is 109 Å². The van der Waals surface area contributed by atoms with Gasteiger partial charge in [0, 0.05) is 23.0 Å². The summed E-state index contributed by atoms with van der Waals surface area (Å²) >= 11 is 0. The number of hydrogen-bond donors (Lipinski definition) is 0. The topological polar surface area (TPSA) is 4.93 Å². The number of aromatic nitrogens is 1. The molecule has 0 amide bonds. The van der Waals surface area contributed by atoms with Crippen molar-refractivity contribution in [1.29, 1.82) is 0 Å². The molecule has 0 spiro atoms. The molecule has 0 radical (unpaired) electrons. The number of hydrogen-bond acceptors (Lipinski definition) is 0. The SMILES string of the molecule is c1ccc(P(c2ccccc2)n2cccc2)cc1. The van der Waals surface area contributed by atoms with Crippen LogP contribution in [-0.2, 0) is 0 Å². The molecule has 0 unspecified atom stereocenters. The van der Waals surface area contributed by atoms with Gasteiger partial charge in [0.1, 0.15) is 0 Å². The van der Waals surface area contributed by atoms with Crippen molar-refractivity contribution in [3.05, 3.63) is 85.2 Å². The normalized spacial score (nSPS) is 10.7. The van der Waals surface area contributed by atoms with Gasteiger partial charge in [0.15, 0.2) is 0 Å². The van der Waals surface area contributed by atoms with Gasteiger partial charge in [0.05, 0.1) is 8.07 Å². The Morgan fingerprint density at radius 3 is 1.44 bits per heavy atom. The summed E-state index contributed by atoms with van der Waals surface area (Å²) in [6.45, 7) is 0. The average Bonchev–Trinajstić information content (AvgIpc) is 2.95. The van der Waals surface area contributed by atoms with E-state index in [-0.39, 0.29) is 0 Å². The maximum atomic E-state index is 2.31. The lowest BCUT2D eigenvalue weighted by molar-refractivity contribution is 1.27. The first-order valence-corrected chi connectivity index (χ1v) is 7.28. The van der Waals surface area contributed by atoms with E-state index in [2.05, 4.69) is 89.5 Å². The van der Waals surface area contributed by atoms with E-state index in [1.54, 1.807) is 0 Å². The molecule has 0 fully saturated rings. The standard InChI is InChI=1S/C16H14NP/c1-3-9-15(10-4-1)18(17-13-7-8-14-17)16-11-5-2-6-12-16/h1-14H. The Hall–Kier alpha value is -1.85. The Morgan fingerprint density at radius 1 is 0.556 bits per heavy atom. The smallest absolute Gasteiger partial charge is 0.0587 e. The van der Waals surface area contributed by atoms with Crippen molar-refractivity contribution >= 4 is 18.7 Å². The third-order valence-electron chi connectivity index (χ3n) is 2.82. The van der Waals surface area contributed by atoms with Crippen LogP contribution in [0, 0.1) is 0 Å². The van der Waals surface area contributed by atoms with E-state index in [1.807, 2.05) is 0 Å². The van der Waals surface area contributed by atoms with Crippen LogP contribution in [0.1, 0.15) is 0 Å². The van der Waals surface area contributed by atoms with Gasteiger partial charge in [-0.3, -0.25) is 0 Å². The summed E-state index contributed by atoms with van der Waals surface area (Å²) in [5, 5.41) is 2.74. The molecule has 1 aromatic heterocycles. The second-order valence-corrected chi connectivity index (χ2v) is 6.16. The maximum absolute atomic E-state index is 2.31. The zero-order chi connectivity index (χ0) is 12.2. The van der Waals surface area contributed by atoms with Gasteiger partial charge in [0.25, 0.3) is 0 Å². The van der Waals surface area contributed by atoms with E-state index >= 15 is 0 Å². The molecule has 18 heavy (non-hydrogen) atoms. The molecule has 0 bridgehead atoms. The summed E-state index contributed by atoms with van der Waals surface area (Å²) in [7, 11) is -0.492. The van der Waals surface area contributed by atoms with Crippen LogP contribution in [0.15, 0.2) is 85.2 Å². The Kier molecular flexibility index (Phi) is 3.25. The summed E-state index contributed by atoms with van der Waals surface area (Å²) in [6, 6.07) is 25.6. The fraction of sp³-hybridized carbons (Fsp3) is 0. The minimum atomic E-state index is -0.492. The van der Waals surface area contributed by atoms with Crippen LogP contribution in [0.4, 0.5) is 0 Å². The summed E-state index contributed by atoms with van der Waals surface area (Å²) in [5.41, 5.74) is 0. The van der Waals surface area contributed by atoms with Gasteiger partial charge >= 0.3 is 0 Å². The van der Waals surface area contributed by atoms with Gasteiger partial charge < -0.3 is 4.34 Å². The predicted octanol–water partition coefficient (Wildman–Crippen LogP) is 3.38. The van der Waals surface area contributed by atoms with Crippen molar-refractivity contribution in [3.63, 3.8) is 0 Å². The lowest BCUT2D eigenvalue weighted by Crippen LogP contribution is -2.15. The molecule has 88 valence electrons. The number of benzene rings is 2. The Morgan fingerprint density at radius 2 is 1.00 bits per heavy atom. The predicted molar refractivity (Wildman–Crippen MR) is 78.9 cm³/mol. The summed E-state index contributed by atoms with van der Waals surface area (Å²) in [6.07, 6.45) is 4.29. The van der Waals surface area contributed by atoms with Crippen molar-refractivity contribution in [3.8, 4) is 0 Å². The van der Waals surface area contributed by atoms with Gasteiger partial charge in [-0.2, -0.15) is 0 Å². The highest BCUT2D eigenvalue weighted by atomic mass is 31.1. The minimum absolute atomic E-state index is 0.492. The molecular weight excluding hydrogens is 237 g/mol. The Bertz CT molecular complexity index is 548. The quantitative estimate of drug-likeness (QED) is 0.629. The Balaban J connectivity index is 2.11. The molecule has 0 aliphatic rings. The van der Waals surface area contributed by atoms with E-state index in [1.165, 1.54) is 10.6 Å². The van der Waals surface area contributed by atoms with E-state index in [0.717, 1.165) is 0 Å². The first-order chi connectivity index (χ1) is 8.95. The molecule has 1 nitrogen and oxygen atoms in total. The molecule has 0 N–H and O–H groups in total. The molecule has 1 heterocycles. The zero-order valence-corrected chi connectivity index (χ0v) is 10.9. The van der Waals surface area contributed by atoms with Gasteiger partial charge in [-0.15, -0.1) is 0 Å². The lowest BCUT2D eigenvalue weighted by Gasteiger charge is -2.19.